The summed E-state index contributed by atoms with van der Waals surface area (Å²) in [6.07, 6.45) is 0. The Balaban J connectivity index is 0.000000214. The van der Waals surface area contributed by atoms with Gasteiger partial charge in [0, 0.05) is 83.0 Å². The second kappa shape index (κ2) is 46.2. The molecule has 0 radical (unpaired) electrons. The molecule has 149 heavy (non-hydrogen) atoms. The fourth-order valence-electron chi connectivity index (χ4n) is 16.4. The first kappa shape index (κ1) is 105. The minimum Gasteiger partial charge on any atom is -0.497 e. The van der Waals surface area contributed by atoms with Crippen LogP contribution in [0.3, 0.4) is 0 Å². The predicted octanol–water partition coefficient (Wildman–Crippen LogP) is 28.5. The van der Waals surface area contributed by atoms with E-state index in [1.54, 1.807) is 189 Å². The second-order valence-electron chi connectivity index (χ2n) is 36.1. The number of benzene rings is 17. The highest BCUT2D eigenvalue weighted by Crippen LogP contribution is 2.44. The Hall–Kier alpha value is -16.4. The first-order valence-electron chi connectivity index (χ1n) is 46.4. The topological polar surface area (TPSA) is 353 Å². The Morgan fingerprint density at radius 1 is 0.242 bits per heavy atom. The van der Waals surface area contributed by atoms with E-state index in [4.69, 9.17) is 48.0 Å². The average molecular weight is 2070 g/mol. The molecule has 0 heterocycles. The van der Waals surface area contributed by atoms with Crippen molar-refractivity contribution in [3.05, 3.63) is 506 Å². The molecule has 0 saturated carbocycles. The highest BCUT2D eigenvalue weighted by atomic mass is 32.2. The van der Waals surface area contributed by atoms with E-state index in [0.717, 1.165) is 62.4 Å². The van der Waals surface area contributed by atoms with E-state index < -0.39 is 52.4 Å². The van der Waals surface area contributed by atoms with Crippen LogP contribution in [-0.4, -0.2) is 78.3 Å². The highest BCUT2D eigenvalue weighted by molar-refractivity contribution is 7.95. The lowest BCUT2D eigenvalue weighted by atomic mass is 9.78. The Morgan fingerprint density at radius 3 is 0.752 bits per heavy atom. The average Bonchev–Trinajstić information content (AvgIpc) is 0.867. The Kier molecular flexibility index (Phi) is 32.7. The molecule has 750 valence electrons. The summed E-state index contributed by atoms with van der Waals surface area (Å²) >= 11 is 1.16. The molecule has 0 aromatic heterocycles. The van der Waals surface area contributed by atoms with E-state index in [-0.39, 0.29) is 77.8 Å². The number of carbonyl (C=O) groups is 6. The number of methoxy groups -OCH3 is 1. The van der Waals surface area contributed by atoms with Crippen molar-refractivity contribution in [2.75, 3.05) is 7.11 Å². The number of hydrogen-bond acceptors (Lipinski definition) is 25. The SMILES string of the molecule is COc1ccc(C(C)(C)c2ccc(Oc3ccc(C(=O)c4cccc(C(=O)c5ccc(Oc6ccc(C(C)(C)c7ccc(Oc8ccc(C(=O)c9cccc(S(=O)(=O)O)c9)cc8SOOO)cc7)cc6)cc5)c4)cc3)cc2)cc1.Cc1ccc(Oc2ccc(C(=O)c3ccc(Oc4ccc(C(C)(C)c5ccc(Oc6ccc(C(=O)c7cccc(C(=O)c8ccc(C)cc8)c7)cc6)cc5)cc4)c(SOOO)c3)cc2S(=O)(=O)O)cc1. The summed E-state index contributed by atoms with van der Waals surface area (Å²) in [5.74, 6) is 3.97. The molecule has 17 rings (SSSR count). The number of carbonyl (C=O) groups excluding carboxylic acids is 6. The molecule has 17 aromatic carbocycles. The predicted molar refractivity (Wildman–Crippen MR) is 564 cm³/mol. The van der Waals surface area contributed by atoms with E-state index >= 15 is 0 Å². The van der Waals surface area contributed by atoms with Crippen molar-refractivity contribution >= 4 is 79.0 Å². The Labute approximate surface area is 868 Å². The third kappa shape index (κ3) is 25.8. The van der Waals surface area contributed by atoms with Gasteiger partial charge in [0.15, 0.2) is 34.7 Å². The lowest BCUT2D eigenvalue weighted by Crippen LogP contribution is -2.18. The highest BCUT2D eigenvalue weighted by Gasteiger charge is 2.31. The molecule has 0 saturated heterocycles. The molecule has 0 bridgehead atoms. The maximum Gasteiger partial charge on any atom is 0.298 e. The fourth-order valence-corrected chi connectivity index (χ4v) is 18.5. The molecule has 17 aromatic rings. The molecule has 0 aliphatic rings. The van der Waals surface area contributed by atoms with Crippen molar-refractivity contribution in [3.63, 3.8) is 0 Å². The van der Waals surface area contributed by atoms with Crippen LogP contribution in [0.25, 0.3) is 0 Å². The van der Waals surface area contributed by atoms with Crippen LogP contribution in [0, 0.1) is 13.8 Å². The van der Waals surface area contributed by atoms with Crippen LogP contribution < -0.4 is 33.2 Å². The fraction of sp³-hybridized carbons (Fsp3) is 0.100. The van der Waals surface area contributed by atoms with Crippen LogP contribution in [0.2, 0.25) is 0 Å². The van der Waals surface area contributed by atoms with E-state index in [2.05, 4.69) is 80.2 Å². The van der Waals surface area contributed by atoms with E-state index in [0.29, 0.717) is 120 Å². The van der Waals surface area contributed by atoms with Gasteiger partial charge in [0.25, 0.3) is 20.2 Å². The Morgan fingerprint density at radius 2 is 0.463 bits per heavy atom. The monoisotopic (exact) mass is 2060 g/mol. The molecule has 29 heteroatoms. The first-order valence-corrected chi connectivity index (χ1v) is 50.7. The summed E-state index contributed by atoms with van der Waals surface area (Å²) in [6.45, 7) is 16.5. The van der Waals surface area contributed by atoms with Gasteiger partial charge < -0.3 is 33.2 Å². The van der Waals surface area contributed by atoms with Gasteiger partial charge >= 0.3 is 0 Å². The molecule has 25 nitrogen and oxygen atoms in total. The van der Waals surface area contributed by atoms with Crippen LogP contribution in [0.4, 0.5) is 0 Å². The smallest absolute Gasteiger partial charge is 0.298 e. The molecule has 0 aliphatic carbocycles. The van der Waals surface area contributed by atoms with E-state index in [9.17, 15) is 54.7 Å². The van der Waals surface area contributed by atoms with Gasteiger partial charge in [-0.3, -0.25) is 37.9 Å². The lowest BCUT2D eigenvalue weighted by Gasteiger charge is -2.26. The molecule has 4 N–H and O–H groups in total. The minimum absolute atomic E-state index is 0.0210. The zero-order valence-electron chi connectivity index (χ0n) is 81.5. The summed E-state index contributed by atoms with van der Waals surface area (Å²) in [5, 5.41) is 25.4. The summed E-state index contributed by atoms with van der Waals surface area (Å²) in [5.41, 5.74) is 10.9. The van der Waals surface area contributed by atoms with Crippen LogP contribution in [0.5, 0.6) is 74.7 Å². The van der Waals surface area contributed by atoms with Crippen LogP contribution in [0.15, 0.2) is 414 Å². The number of rotatable bonds is 39. The van der Waals surface area contributed by atoms with Crippen LogP contribution in [0.1, 0.15) is 182 Å². The number of hydrogen-bond donors (Lipinski definition) is 4. The molecule has 0 amide bonds. The summed E-state index contributed by atoms with van der Waals surface area (Å²) in [4.78, 5) is 80.3. The quantitative estimate of drug-likeness (QED) is 0.00914. The zero-order chi connectivity index (χ0) is 105. The van der Waals surface area contributed by atoms with Gasteiger partial charge in [-0.25, -0.2) is 10.5 Å². The Bertz CT molecular complexity index is 8030. The maximum atomic E-state index is 13.7. The van der Waals surface area contributed by atoms with Crippen molar-refractivity contribution in [1.29, 1.82) is 0 Å². The first-order chi connectivity index (χ1) is 71.4. The van der Waals surface area contributed by atoms with Gasteiger partial charge in [-0.2, -0.15) is 16.8 Å². The second-order valence-corrected chi connectivity index (χ2v) is 40.4. The van der Waals surface area contributed by atoms with Crippen molar-refractivity contribution in [1.82, 2.24) is 0 Å². The van der Waals surface area contributed by atoms with E-state index in [1.165, 1.54) is 66.7 Å². The van der Waals surface area contributed by atoms with Crippen molar-refractivity contribution in [2.24, 2.45) is 0 Å². The van der Waals surface area contributed by atoms with Gasteiger partial charge in [-0.1, -0.05) is 220 Å². The van der Waals surface area contributed by atoms with Crippen LogP contribution >= 0.6 is 24.1 Å². The molecule has 0 atom stereocenters. The largest absolute Gasteiger partial charge is 0.497 e. The molecular formula is C120H96O25S4. The third-order valence-electron chi connectivity index (χ3n) is 25.1. The number of ketones is 6. The van der Waals surface area contributed by atoms with Gasteiger partial charge in [-0.05, 0) is 284 Å². The molecule has 0 aliphatic heterocycles. The normalized spacial score (nSPS) is 11.6. The number of ether oxygens (including phenoxy) is 7. The molecule has 0 unspecified atom stereocenters. The minimum atomic E-state index is -4.80. The van der Waals surface area contributed by atoms with Gasteiger partial charge in [0.05, 0.1) is 45.9 Å². The third-order valence-corrected chi connectivity index (χ3v) is 28.1. The van der Waals surface area contributed by atoms with E-state index in [1.807, 2.05) is 123 Å². The number of aryl methyl sites for hydroxylation is 2. The van der Waals surface area contributed by atoms with Gasteiger partial charge in [0.1, 0.15) is 79.6 Å². The van der Waals surface area contributed by atoms with Crippen molar-refractivity contribution in [3.8, 4) is 74.7 Å². The molecule has 0 fully saturated rings. The summed E-state index contributed by atoms with van der Waals surface area (Å²) in [6, 6.07) is 112. The standard InChI is InChI=1S/C64H52O13S2.C56H44O12S2/c1-63(2,47-17-29-51(72-5)30-18-47)48-19-31-54(32-20-48)73-52-25-12-41(13-26-52)60(65)43-8-6-9-44(38-43)61(66)42-14-27-53(28-15-42)74-55-33-21-49(22-34-55)64(3,4)50-23-35-56(36-24-50)75-58-37-16-46(40-59(58)78-77-76-68)62(67)45-10-7-11-57(39-45)79(69,70)71;1-35-8-12-37(13-9-35)53(57)39-6-5-7-40(32-39)54(58)38-14-24-45(25-15-38)64-46-26-18-43(19-27-46)56(3,4)44-20-28-48(29-21-44)65-49-30-16-41(33-51(49)69-68-67-60)55(59)42-17-31-50(52(34-42)70(61,62)63)66-47-22-10-36(2)11-23-47/h6-40,68H,1-5H3,(H,69,70,71);5-34,60H,1-4H3,(H,61,62,63). The van der Waals surface area contributed by atoms with Gasteiger partial charge in [0.2, 0.25) is 0 Å². The lowest BCUT2D eigenvalue weighted by molar-refractivity contribution is -0.432. The van der Waals surface area contributed by atoms with Crippen LogP contribution in [-0.2, 0) is 55.2 Å². The zero-order valence-corrected chi connectivity index (χ0v) is 84.8. The molecular weight excluding hydrogens is 1970 g/mol. The summed E-state index contributed by atoms with van der Waals surface area (Å²) in [7, 11) is -7.68. The molecule has 0 spiro atoms. The summed E-state index contributed by atoms with van der Waals surface area (Å²) < 4.78 is 119. The van der Waals surface area contributed by atoms with Gasteiger partial charge in [-0.15, -0.1) is 8.67 Å². The van der Waals surface area contributed by atoms with Crippen molar-refractivity contribution < 1.29 is 117 Å². The van der Waals surface area contributed by atoms with Crippen molar-refractivity contribution in [2.45, 2.75) is 91.2 Å². The maximum absolute atomic E-state index is 13.7.